The third-order valence-electron chi connectivity index (χ3n) is 4.90. The van der Waals surface area contributed by atoms with Gasteiger partial charge in [0.1, 0.15) is 11.8 Å². The minimum Gasteiger partial charge on any atom is -0.354 e. The first-order valence-corrected chi connectivity index (χ1v) is 8.78. The van der Waals surface area contributed by atoms with Crippen LogP contribution in [0.1, 0.15) is 65.7 Å². The van der Waals surface area contributed by atoms with E-state index in [0.717, 1.165) is 38.5 Å². The number of rotatable bonds is 5. The lowest BCUT2D eigenvalue weighted by Gasteiger charge is -2.43. The van der Waals surface area contributed by atoms with Crippen molar-refractivity contribution < 1.29 is 14.3 Å². The first-order valence-electron chi connectivity index (χ1n) is 8.78. The number of hydrogen-bond donors (Lipinski definition) is 1. The fourth-order valence-corrected chi connectivity index (χ4v) is 3.55. The number of hydrogen-bond acceptors (Lipinski definition) is 3. The highest BCUT2D eigenvalue weighted by molar-refractivity contribution is 5.88. The van der Waals surface area contributed by atoms with Crippen LogP contribution in [0.25, 0.3) is 0 Å². The highest BCUT2D eigenvalue weighted by atomic mass is 16.5. The van der Waals surface area contributed by atoms with E-state index < -0.39 is 11.8 Å². The molecule has 0 radical (unpaired) electrons. The molecule has 2 rings (SSSR count). The first kappa shape index (κ1) is 17.3. The molecule has 1 atom stereocenters. The second kappa shape index (κ2) is 7.44. The van der Waals surface area contributed by atoms with Crippen molar-refractivity contribution in [2.45, 2.75) is 77.5 Å². The number of amides is 2. The maximum Gasteiger partial charge on any atom is 0.245 e. The molecule has 2 fully saturated rings. The predicted octanol–water partition coefficient (Wildman–Crippen LogP) is 2.45. The Morgan fingerprint density at radius 1 is 1.23 bits per heavy atom. The van der Waals surface area contributed by atoms with Gasteiger partial charge in [-0.2, -0.15) is 0 Å². The standard InChI is InChI=1S/C17H30N2O3/c1-4-6-15(20)19-14(16(21)18-11-5-2)12-22-17(19)9-7-13(3)8-10-17/h13-14H,4-12H2,1-3H3,(H,18,21). The minimum absolute atomic E-state index is 0.0613. The molecular formula is C17H30N2O3. The van der Waals surface area contributed by atoms with Crippen LogP contribution >= 0.6 is 0 Å². The molecular weight excluding hydrogens is 280 g/mol. The Morgan fingerprint density at radius 2 is 1.91 bits per heavy atom. The van der Waals surface area contributed by atoms with Gasteiger partial charge in [0, 0.05) is 13.0 Å². The van der Waals surface area contributed by atoms with Crippen LogP contribution in [0.2, 0.25) is 0 Å². The molecule has 126 valence electrons. The van der Waals surface area contributed by atoms with Crippen molar-refractivity contribution in [2.75, 3.05) is 13.2 Å². The van der Waals surface area contributed by atoms with Gasteiger partial charge in [-0.1, -0.05) is 20.8 Å². The molecule has 1 aliphatic heterocycles. The zero-order valence-electron chi connectivity index (χ0n) is 14.2. The van der Waals surface area contributed by atoms with Crippen molar-refractivity contribution in [3.8, 4) is 0 Å². The molecule has 22 heavy (non-hydrogen) atoms. The number of carbonyl (C=O) groups is 2. The van der Waals surface area contributed by atoms with Crippen molar-refractivity contribution >= 4 is 11.8 Å². The topological polar surface area (TPSA) is 58.6 Å². The monoisotopic (exact) mass is 310 g/mol. The fourth-order valence-electron chi connectivity index (χ4n) is 3.55. The fraction of sp³-hybridized carbons (Fsp3) is 0.882. The minimum atomic E-state index is -0.535. The molecule has 0 aromatic heterocycles. The summed E-state index contributed by atoms with van der Waals surface area (Å²) in [5.74, 6) is 0.665. The molecule has 1 saturated carbocycles. The lowest BCUT2D eigenvalue weighted by atomic mass is 9.83. The summed E-state index contributed by atoms with van der Waals surface area (Å²) in [7, 11) is 0. The number of carbonyl (C=O) groups excluding carboxylic acids is 2. The van der Waals surface area contributed by atoms with Crippen LogP contribution in [0.4, 0.5) is 0 Å². The zero-order valence-corrected chi connectivity index (χ0v) is 14.2. The number of nitrogens with one attached hydrogen (secondary N) is 1. The molecule has 0 aromatic rings. The first-order chi connectivity index (χ1) is 10.5. The average molecular weight is 310 g/mol. The quantitative estimate of drug-likeness (QED) is 0.848. The van der Waals surface area contributed by atoms with Crippen molar-refractivity contribution in [3.63, 3.8) is 0 Å². The Labute approximate surface area is 133 Å². The zero-order chi connectivity index (χ0) is 16.2. The summed E-state index contributed by atoms with van der Waals surface area (Å²) in [6, 6.07) is -0.459. The van der Waals surface area contributed by atoms with Gasteiger partial charge in [0.05, 0.1) is 6.61 Å². The van der Waals surface area contributed by atoms with Crippen LogP contribution in [-0.4, -0.2) is 41.6 Å². The normalized spacial score (nSPS) is 31.5. The largest absolute Gasteiger partial charge is 0.354 e. The van der Waals surface area contributed by atoms with E-state index in [9.17, 15) is 9.59 Å². The van der Waals surface area contributed by atoms with Crippen LogP contribution in [-0.2, 0) is 14.3 Å². The number of ether oxygens (including phenoxy) is 1. The summed E-state index contributed by atoms with van der Waals surface area (Å²) in [5, 5.41) is 2.92. The molecule has 2 aliphatic rings. The molecule has 2 amide bonds. The molecule has 1 aliphatic carbocycles. The van der Waals surface area contributed by atoms with Crippen LogP contribution in [0, 0.1) is 5.92 Å². The number of nitrogens with zero attached hydrogens (tertiary/aromatic N) is 1. The molecule has 1 spiro atoms. The van der Waals surface area contributed by atoms with Gasteiger partial charge in [-0.05, 0) is 44.4 Å². The molecule has 5 nitrogen and oxygen atoms in total. The van der Waals surface area contributed by atoms with Crippen LogP contribution in [0.15, 0.2) is 0 Å². The lowest BCUT2D eigenvalue weighted by molar-refractivity contribution is -0.161. The van der Waals surface area contributed by atoms with E-state index in [-0.39, 0.29) is 11.8 Å². The third kappa shape index (κ3) is 3.45. The van der Waals surface area contributed by atoms with Gasteiger partial charge in [-0.3, -0.25) is 14.5 Å². The van der Waals surface area contributed by atoms with E-state index in [2.05, 4.69) is 12.2 Å². The van der Waals surface area contributed by atoms with Gasteiger partial charge >= 0.3 is 0 Å². The van der Waals surface area contributed by atoms with Gasteiger partial charge in [-0.25, -0.2) is 0 Å². The lowest BCUT2D eigenvalue weighted by Crippen LogP contribution is -2.56. The highest BCUT2D eigenvalue weighted by Gasteiger charge is 2.52. The molecule has 1 unspecified atom stereocenters. The smallest absolute Gasteiger partial charge is 0.245 e. The predicted molar refractivity (Wildman–Crippen MR) is 85.2 cm³/mol. The van der Waals surface area contributed by atoms with Gasteiger partial charge in [-0.15, -0.1) is 0 Å². The molecule has 1 heterocycles. The van der Waals surface area contributed by atoms with E-state index in [4.69, 9.17) is 4.74 Å². The Morgan fingerprint density at radius 3 is 2.50 bits per heavy atom. The second-order valence-electron chi connectivity index (χ2n) is 6.76. The summed E-state index contributed by atoms with van der Waals surface area (Å²) in [6.45, 7) is 7.24. The molecule has 1 N–H and O–H groups in total. The van der Waals surface area contributed by atoms with E-state index >= 15 is 0 Å². The van der Waals surface area contributed by atoms with E-state index in [1.54, 1.807) is 4.90 Å². The van der Waals surface area contributed by atoms with Gasteiger partial charge in [0.15, 0.2) is 0 Å². The summed E-state index contributed by atoms with van der Waals surface area (Å²) in [4.78, 5) is 26.9. The summed E-state index contributed by atoms with van der Waals surface area (Å²) < 4.78 is 6.07. The highest BCUT2D eigenvalue weighted by Crippen LogP contribution is 2.42. The Bertz CT molecular complexity index is 403. The second-order valence-corrected chi connectivity index (χ2v) is 6.76. The maximum atomic E-state index is 12.7. The van der Waals surface area contributed by atoms with E-state index in [1.165, 1.54) is 0 Å². The maximum absolute atomic E-state index is 12.7. The van der Waals surface area contributed by atoms with Gasteiger partial charge in [0.2, 0.25) is 11.8 Å². The van der Waals surface area contributed by atoms with Crippen molar-refractivity contribution in [1.29, 1.82) is 0 Å². The summed E-state index contributed by atoms with van der Waals surface area (Å²) >= 11 is 0. The van der Waals surface area contributed by atoms with Gasteiger partial charge < -0.3 is 10.1 Å². The van der Waals surface area contributed by atoms with Crippen LogP contribution in [0.3, 0.4) is 0 Å². The van der Waals surface area contributed by atoms with Crippen LogP contribution in [0.5, 0.6) is 0 Å². The average Bonchev–Trinajstić information content (AvgIpc) is 2.87. The summed E-state index contributed by atoms with van der Waals surface area (Å²) in [5.41, 5.74) is -0.535. The van der Waals surface area contributed by atoms with E-state index in [1.807, 2.05) is 13.8 Å². The Kier molecular flexibility index (Phi) is 5.84. The van der Waals surface area contributed by atoms with Crippen molar-refractivity contribution in [2.24, 2.45) is 5.92 Å². The van der Waals surface area contributed by atoms with Crippen LogP contribution < -0.4 is 5.32 Å². The third-order valence-corrected chi connectivity index (χ3v) is 4.90. The van der Waals surface area contributed by atoms with Gasteiger partial charge in [0.25, 0.3) is 0 Å². The van der Waals surface area contributed by atoms with E-state index in [0.29, 0.717) is 25.5 Å². The Balaban J connectivity index is 2.17. The summed E-state index contributed by atoms with van der Waals surface area (Å²) in [6.07, 6.45) is 5.98. The van der Waals surface area contributed by atoms with Crippen molar-refractivity contribution in [1.82, 2.24) is 10.2 Å². The molecule has 5 heteroatoms. The molecule has 0 aromatic carbocycles. The molecule has 1 saturated heterocycles. The van der Waals surface area contributed by atoms with Crippen molar-refractivity contribution in [3.05, 3.63) is 0 Å². The molecule has 0 bridgehead atoms. The SMILES string of the molecule is CCCNC(=O)C1COC2(CCC(C)CC2)N1C(=O)CCC. The Hall–Kier alpha value is -1.10.